The van der Waals surface area contributed by atoms with Gasteiger partial charge in [0.15, 0.2) is 0 Å². The molecule has 5 heteroatoms. The Kier molecular flexibility index (Phi) is 9.47. The van der Waals surface area contributed by atoms with Crippen LogP contribution in [0.1, 0.15) is 56.2 Å². The molecule has 3 rings (SSSR count). The van der Waals surface area contributed by atoms with Crippen LogP contribution in [0.25, 0.3) is 0 Å². The lowest BCUT2D eigenvalue weighted by Gasteiger charge is -2.32. The number of carbonyl (C=O) groups is 2. The molecule has 0 fully saturated rings. The second kappa shape index (κ2) is 12.7. The minimum atomic E-state index is -0.556. The number of ether oxygens (including phenoxy) is 1. The fourth-order valence-corrected chi connectivity index (χ4v) is 4.32. The minimum absolute atomic E-state index is 0.00382. The number of amides is 2. The van der Waals surface area contributed by atoms with Crippen molar-refractivity contribution in [2.24, 2.45) is 0 Å². The van der Waals surface area contributed by atoms with Crippen molar-refractivity contribution in [3.8, 4) is 5.75 Å². The Hall–Kier alpha value is -3.60. The lowest BCUT2D eigenvalue weighted by molar-refractivity contribution is -0.141. The predicted octanol–water partition coefficient (Wildman–Crippen LogP) is 5.55. The van der Waals surface area contributed by atoms with E-state index < -0.39 is 6.04 Å². The van der Waals surface area contributed by atoms with Crippen molar-refractivity contribution >= 4 is 11.8 Å². The molecule has 1 atom stereocenters. The average molecular weight is 473 g/mol. The summed E-state index contributed by atoms with van der Waals surface area (Å²) in [5, 5.41) is 3.00. The molecule has 5 nitrogen and oxygen atoms in total. The molecule has 0 saturated carbocycles. The van der Waals surface area contributed by atoms with Crippen LogP contribution in [0.15, 0.2) is 84.9 Å². The number of methoxy groups -OCH3 is 1. The molecule has 184 valence electrons. The summed E-state index contributed by atoms with van der Waals surface area (Å²) in [7, 11) is 1.63. The van der Waals surface area contributed by atoms with Gasteiger partial charge in [0, 0.05) is 24.9 Å². The highest BCUT2D eigenvalue weighted by Gasteiger charge is 2.31. The summed E-state index contributed by atoms with van der Waals surface area (Å²) >= 11 is 0. The van der Waals surface area contributed by atoms with Gasteiger partial charge in [-0.2, -0.15) is 0 Å². The zero-order chi connectivity index (χ0) is 25.2. The van der Waals surface area contributed by atoms with Gasteiger partial charge in [-0.1, -0.05) is 79.7 Å². The monoisotopic (exact) mass is 472 g/mol. The summed E-state index contributed by atoms with van der Waals surface area (Å²) in [6.07, 6.45) is 0.803. The van der Waals surface area contributed by atoms with E-state index in [9.17, 15) is 9.59 Å². The van der Waals surface area contributed by atoms with E-state index in [0.717, 1.165) is 22.4 Å². The van der Waals surface area contributed by atoms with Gasteiger partial charge in [0.1, 0.15) is 11.8 Å². The SMILES string of the molecule is CCC(C(=O)NC(C)C)N(Cc1ccc(OC)cc1)C(=O)CC(c1ccccc1)c1ccccc1. The summed E-state index contributed by atoms with van der Waals surface area (Å²) in [5.41, 5.74) is 3.11. The van der Waals surface area contributed by atoms with Crippen molar-refractivity contribution in [3.63, 3.8) is 0 Å². The Labute approximate surface area is 209 Å². The van der Waals surface area contributed by atoms with Gasteiger partial charge in [-0.3, -0.25) is 9.59 Å². The molecule has 35 heavy (non-hydrogen) atoms. The zero-order valence-electron chi connectivity index (χ0n) is 21.1. The Morgan fingerprint density at radius 1 is 0.857 bits per heavy atom. The molecule has 0 radical (unpaired) electrons. The van der Waals surface area contributed by atoms with Crippen LogP contribution in [-0.4, -0.2) is 35.9 Å². The minimum Gasteiger partial charge on any atom is -0.497 e. The van der Waals surface area contributed by atoms with Crippen molar-refractivity contribution in [3.05, 3.63) is 102 Å². The second-order valence-corrected chi connectivity index (χ2v) is 9.04. The fraction of sp³-hybridized carbons (Fsp3) is 0.333. The molecule has 0 aliphatic rings. The third-order valence-electron chi connectivity index (χ3n) is 6.11. The van der Waals surface area contributed by atoms with Gasteiger partial charge in [0.25, 0.3) is 0 Å². The number of nitrogens with one attached hydrogen (secondary N) is 1. The van der Waals surface area contributed by atoms with E-state index >= 15 is 0 Å². The number of benzene rings is 3. The average Bonchev–Trinajstić information content (AvgIpc) is 2.88. The van der Waals surface area contributed by atoms with Gasteiger partial charge >= 0.3 is 0 Å². The third-order valence-corrected chi connectivity index (χ3v) is 6.11. The molecule has 0 aliphatic carbocycles. The Morgan fingerprint density at radius 3 is 1.86 bits per heavy atom. The molecule has 0 heterocycles. The van der Waals surface area contributed by atoms with Gasteiger partial charge in [-0.15, -0.1) is 0 Å². The highest BCUT2D eigenvalue weighted by atomic mass is 16.5. The number of nitrogens with zero attached hydrogens (tertiary/aromatic N) is 1. The molecule has 3 aromatic carbocycles. The van der Waals surface area contributed by atoms with Crippen molar-refractivity contribution in [1.29, 1.82) is 0 Å². The van der Waals surface area contributed by atoms with Gasteiger partial charge < -0.3 is 15.0 Å². The van der Waals surface area contributed by atoms with E-state index in [4.69, 9.17) is 4.74 Å². The predicted molar refractivity (Wildman–Crippen MR) is 140 cm³/mol. The largest absolute Gasteiger partial charge is 0.497 e. The Bertz CT molecular complexity index is 1030. The van der Waals surface area contributed by atoms with Crippen LogP contribution >= 0.6 is 0 Å². The number of rotatable bonds is 11. The normalized spacial score (nSPS) is 11.8. The highest BCUT2D eigenvalue weighted by Crippen LogP contribution is 2.29. The standard InChI is InChI=1S/C30H36N2O3/c1-5-28(30(34)31-22(2)3)32(21-23-16-18-26(35-4)19-17-23)29(33)20-27(24-12-8-6-9-13-24)25-14-10-7-11-15-25/h6-19,22,27-28H,5,20-21H2,1-4H3,(H,31,34). The summed E-state index contributed by atoms with van der Waals surface area (Å²) < 4.78 is 5.28. The summed E-state index contributed by atoms with van der Waals surface area (Å²) in [6, 6.07) is 27.3. The summed E-state index contributed by atoms with van der Waals surface area (Å²) in [4.78, 5) is 28.8. The molecule has 0 bridgehead atoms. The Morgan fingerprint density at radius 2 is 1.40 bits per heavy atom. The first-order valence-electron chi connectivity index (χ1n) is 12.3. The fourth-order valence-electron chi connectivity index (χ4n) is 4.32. The maximum atomic E-state index is 13.9. The van der Waals surface area contributed by atoms with Gasteiger partial charge in [-0.25, -0.2) is 0 Å². The lowest BCUT2D eigenvalue weighted by Crippen LogP contribution is -2.50. The molecule has 1 N–H and O–H groups in total. The van der Waals surface area contributed by atoms with E-state index in [2.05, 4.69) is 29.6 Å². The Balaban J connectivity index is 1.94. The first-order chi connectivity index (χ1) is 16.9. The molecule has 0 spiro atoms. The van der Waals surface area contributed by atoms with Gasteiger partial charge in [0.2, 0.25) is 11.8 Å². The second-order valence-electron chi connectivity index (χ2n) is 9.04. The van der Waals surface area contributed by atoms with E-state index in [1.807, 2.05) is 81.4 Å². The number of hydrogen-bond donors (Lipinski definition) is 1. The van der Waals surface area contributed by atoms with Crippen molar-refractivity contribution in [2.75, 3.05) is 7.11 Å². The first-order valence-corrected chi connectivity index (χ1v) is 12.3. The molecule has 1 unspecified atom stereocenters. The van der Waals surface area contributed by atoms with Crippen LogP contribution in [-0.2, 0) is 16.1 Å². The maximum Gasteiger partial charge on any atom is 0.243 e. The van der Waals surface area contributed by atoms with Crippen LogP contribution in [0.4, 0.5) is 0 Å². The highest BCUT2D eigenvalue weighted by molar-refractivity contribution is 5.88. The first kappa shape index (κ1) is 26.0. The van der Waals surface area contributed by atoms with Crippen molar-refractivity contribution in [1.82, 2.24) is 10.2 Å². The zero-order valence-corrected chi connectivity index (χ0v) is 21.1. The quantitative estimate of drug-likeness (QED) is 0.398. The van der Waals surface area contributed by atoms with E-state index in [0.29, 0.717) is 13.0 Å². The van der Waals surface area contributed by atoms with E-state index in [-0.39, 0.29) is 30.2 Å². The van der Waals surface area contributed by atoms with Crippen molar-refractivity contribution < 1.29 is 14.3 Å². The molecule has 0 aliphatic heterocycles. The molecular formula is C30H36N2O3. The maximum absolute atomic E-state index is 13.9. The van der Waals surface area contributed by atoms with Gasteiger partial charge in [0.05, 0.1) is 7.11 Å². The van der Waals surface area contributed by atoms with Crippen LogP contribution in [0.2, 0.25) is 0 Å². The van der Waals surface area contributed by atoms with E-state index in [1.165, 1.54) is 0 Å². The van der Waals surface area contributed by atoms with Crippen LogP contribution in [0, 0.1) is 0 Å². The van der Waals surface area contributed by atoms with E-state index in [1.54, 1.807) is 12.0 Å². The van der Waals surface area contributed by atoms with Crippen LogP contribution in [0.3, 0.4) is 0 Å². The molecular weight excluding hydrogens is 436 g/mol. The van der Waals surface area contributed by atoms with Crippen molar-refractivity contribution in [2.45, 2.75) is 58.2 Å². The smallest absolute Gasteiger partial charge is 0.243 e. The van der Waals surface area contributed by atoms with Crippen LogP contribution < -0.4 is 10.1 Å². The molecule has 2 amide bonds. The molecule has 0 aromatic heterocycles. The van der Waals surface area contributed by atoms with Crippen LogP contribution in [0.5, 0.6) is 5.75 Å². The summed E-state index contributed by atoms with van der Waals surface area (Å²) in [5.74, 6) is 0.475. The number of hydrogen-bond acceptors (Lipinski definition) is 3. The van der Waals surface area contributed by atoms with Gasteiger partial charge in [-0.05, 0) is 49.1 Å². The third kappa shape index (κ3) is 7.19. The summed E-state index contributed by atoms with van der Waals surface area (Å²) in [6.45, 7) is 6.16. The molecule has 0 saturated heterocycles. The topological polar surface area (TPSA) is 58.6 Å². The molecule has 3 aromatic rings. The number of carbonyl (C=O) groups excluding carboxylic acids is 2. The lowest BCUT2D eigenvalue weighted by atomic mass is 9.88.